The van der Waals surface area contributed by atoms with Gasteiger partial charge in [-0.15, -0.1) is 0 Å². The molecule has 1 heterocycles. The van der Waals surface area contributed by atoms with E-state index in [0.717, 1.165) is 35.0 Å². The van der Waals surface area contributed by atoms with Gasteiger partial charge in [0, 0.05) is 11.3 Å². The van der Waals surface area contributed by atoms with Gasteiger partial charge in [-0.2, -0.15) is 5.26 Å². The average Bonchev–Trinajstić information content (AvgIpc) is 2.39. The number of aromatic nitrogens is 1. The Balaban J connectivity index is 2.65. The van der Waals surface area contributed by atoms with E-state index in [9.17, 15) is 5.26 Å². The van der Waals surface area contributed by atoms with Crippen molar-refractivity contribution in [3.05, 3.63) is 41.6 Å². The Kier molecular flexibility index (Phi) is 3.39. The summed E-state index contributed by atoms with van der Waals surface area (Å²) in [6, 6.07) is 12.2. The van der Waals surface area contributed by atoms with Gasteiger partial charge >= 0.3 is 0 Å². The molecular formula is C15H16N2. The highest BCUT2D eigenvalue weighted by molar-refractivity contribution is 5.80. The summed E-state index contributed by atoms with van der Waals surface area (Å²) in [6.45, 7) is 4.29. The van der Waals surface area contributed by atoms with Crippen molar-refractivity contribution in [2.75, 3.05) is 0 Å². The maximum atomic E-state index is 9.23. The van der Waals surface area contributed by atoms with Crippen LogP contribution in [0.15, 0.2) is 30.3 Å². The molecule has 0 spiro atoms. The second kappa shape index (κ2) is 4.97. The van der Waals surface area contributed by atoms with E-state index in [1.165, 1.54) is 0 Å². The highest BCUT2D eigenvalue weighted by atomic mass is 14.7. The maximum Gasteiger partial charge on any atom is 0.101 e. The molecule has 0 saturated carbocycles. The Labute approximate surface area is 102 Å². The standard InChI is InChI=1S/C15H16N2/c1-3-11(4-2)15-13(10-16)9-12-7-5-6-8-14(12)17-15/h5-9,11H,3-4H2,1-2H3. The second-order valence-corrected chi connectivity index (χ2v) is 4.24. The summed E-state index contributed by atoms with van der Waals surface area (Å²) in [6.07, 6.45) is 2.05. The molecule has 0 fully saturated rings. The van der Waals surface area contributed by atoms with Gasteiger partial charge in [0.15, 0.2) is 0 Å². The van der Waals surface area contributed by atoms with Crippen LogP contribution >= 0.6 is 0 Å². The van der Waals surface area contributed by atoms with E-state index in [0.29, 0.717) is 5.92 Å². The molecule has 2 aromatic rings. The number of nitrogens with zero attached hydrogens (tertiary/aromatic N) is 2. The number of benzene rings is 1. The van der Waals surface area contributed by atoms with Crippen molar-refractivity contribution in [2.24, 2.45) is 0 Å². The minimum absolute atomic E-state index is 0.384. The summed E-state index contributed by atoms with van der Waals surface area (Å²) in [7, 11) is 0. The third kappa shape index (κ3) is 2.14. The molecule has 0 N–H and O–H groups in total. The monoisotopic (exact) mass is 224 g/mol. The van der Waals surface area contributed by atoms with E-state index in [4.69, 9.17) is 0 Å². The average molecular weight is 224 g/mol. The minimum atomic E-state index is 0.384. The van der Waals surface area contributed by atoms with Crippen LogP contribution < -0.4 is 0 Å². The molecule has 0 saturated heterocycles. The number of pyridine rings is 1. The van der Waals surface area contributed by atoms with E-state index in [1.807, 2.05) is 30.3 Å². The van der Waals surface area contributed by atoms with Crippen molar-refractivity contribution in [2.45, 2.75) is 32.6 Å². The van der Waals surface area contributed by atoms with E-state index in [2.05, 4.69) is 24.9 Å². The first-order valence-electron chi connectivity index (χ1n) is 6.09. The van der Waals surface area contributed by atoms with Crippen molar-refractivity contribution >= 4 is 10.9 Å². The van der Waals surface area contributed by atoms with Gasteiger partial charge in [-0.1, -0.05) is 32.0 Å². The first-order chi connectivity index (χ1) is 8.30. The molecule has 2 heteroatoms. The van der Waals surface area contributed by atoms with Crippen LogP contribution in [-0.2, 0) is 0 Å². The van der Waals surface area contributed by atoms with E-state index < -0.39 is 0 Å². The molecular weight excluding hydrogens is 208 g/mol. The van der Waals surface area contributed by atoms with Crippen molar-refractivity contribution in [3.63, 3.8) is 0 Å². The van der Waals surface area contributed by atoms with Gasteiger partial charge in [0.2, 0.25) is 0 Å². The second-order valence-electron chi connectivity index (χ2n) is 4.24. The summed E-state index contributed by atoms with van der Waals surface area (Å²) in [4.78, 5) is 4.67. The van der Waals surface area contributed by atoms with Gasteiger partial charge in [-0.05, 0) is 25.0 Å². The van der Waals surface area contributed by atoms with Crippen molar-refractivity contribution in [3.8, 4) is 6.07 Å². The van der Waals surface area contributed by atoms with Gasteiger partial charge in [-0.25, -0.2) is 0 Å². The molecule has 0 unspecified atom stereocenters. The van der Waals surface area contributed by atoms with E-state index in [-0.39, 0.29) is 0 Å². The Morgan fingerprint density at radius 1 is 1.24 bits per heavy atom. The molecule has 0 aliphatic carbocycles. The lowest BCUT2D eigenvalue weighted by Crippen LogP contribution is -2.02. The van der Waals surface area contributed by atoms with Gasteiger partial charge in [0.05, 0.1) is 16.8 Å². The number of hydrogen-bond acceptors (Lipinski definition) is 2. The lowest BCUT2D eigenvalue weighted by atomic mass is 9.94. The SMILES string of the molecule is CCC(CC)c1nc2ccccc2cc1C#N. The normalized spacial score (nSPS) is 10.7. The van der Waals surface area contributed by atoms with E-state index in [1.54, 1.807) is 0 Å². The number of nitriles is 1. The molecule has 0 radical (unpaired) electrons. The number of para-hydroxylation sites is 1. The van der Waals surface area contributed by atoms with Crippen molar-refractivity contribution in [1.82, 2.24) is 4.98 Å². The molecule has 0 bridgehead atoms. The molecule has 0 atom stereocenters. The molecule has 1 aromatic heterocycles. The smallest absolute Gasteiger partial charge is 0.101 e. The third-order valence-electron chi connectivity index (χ3n) is 3.25. The summed E-state index contributed by atoms with van der Waals surface area (Å²) in [5, 5.41) is 10.3. The Hall–Kier alpha value is -1.88. The van der Waals surface area contributed by atoms with Crippen LogP contribution in [0.4, 0.5) is 0 Å². The molecule has 0 amide bonds. The molecule has 2 nitrogen and oxygen atoms in total. The van der Waals surface area contributed by atoms with Crippen molar-refractivity contribution in [1.29, 1.82) is 5.26 Å². The van der Waals surface area contributed by atoms with Gasteiger partial charge in [0.25, 0.3) is 0 Å². The maximum absolute atomic E-state index is 9.23. The minimum Gasteiger partial charge on any atom is -0.251 e. The Morgan fingerprint density at radius 3 is 2.59 bits per heavy atom. The summed E-state index contributed by atoms with van der Waals surface area (Å²) < 4.78 is 0. The summed E-state index contributed by atoms with van der Waals surface area (Å²) in [5.41, 5.74) is 2.65. The molecule has 0 aliphatic heterocycles. The number of fused-ring (bicyclic) bond motifs is 1. The zero-order chi connectivity index (χ0) is 12.3. The topological polar surface area (TPSA) is 36.7 Å². The number of hydrogen-bond donors (Lipinski definition) is 0. The van der Waals surface area contributed by atoms with Gasteiger partial charge < -0.3 is 0 Å². The molecule has 0 aliphatic rings. The molecule has 86 valence electrons. The quantitative estimate of drug-likeness (QED) is 0.789. The zero-order valence-corrected chi connectivity index (χ0v) is 10.3. The van der Waals surface area contributed by atoms with Crippen LogP contribution in [0, 0.1) is 11.3 Å². The Morgan fingerprint density at radius 2 is 1.94 bits per heavy atom. The number of rotatable bonds is 3. The first-order valence-corrected chi connectivity index (χ1v) is 6.09. The fourth-order valence-electron chi connectivity index (χ4n) is 2.21. The summed E-state index contributed by atoms with van der Waals surface area (Å²) >= 11 is 0. The molecule has 2 rings (SSSR count). The van der Waals surface area contributed by atoms with Crippen molar-refractivity contribution < 1.29 is 0 Å². The fraction of sp³-hybridized carbons (Fsp3) is 0.333. The van der Waals surface area contributed by atoms with Gasteiger partial charge in [-0.3, -0.25) is 4.98 Å². The highest BCUT2D eigenvalue weighted by Gasteiger charge is 2.14. The predicted molar refractivity (Wildman–Crippen MR) is 69.8 cm³/mol. The van der Waals surface area contributed by atoms with E-state index >= 15 is 0 Å². The molecule has 1 aromatic carbocycles. The first kappa shape index (κ1) is 11.6. The molecule has 17 heavy (non-hydrogen) atoms. The van der Waals surface area contributed by atoms with Crippen LogP contribution in [0.25, 0.3) is 10.9 Å². The zero-order valence-electron chi connectivity index (χ0n) is 10.3. The largest absolute Gasteiger partial charge is 0.251 e. The van der Waals surface area contributed by atoms with Gasteiger partial charge in [0.1, 0.15) is 6.07 Å². The van der Waals surface area contributed by atoms with Crippen LogP contribution in [0.5, 0.6) is 0 Å². The highest BCUT2D eigenvalue weighted by Crippen LogP contribution is 2.26. The lowest BCUT2D eigenvalue weighted by Gasteiger charge is -2.14. The summed E-state index contributed by atoms with van der Waals surface area (Å²) in [5.74, 6) is 0.384. The fourth-order valence-corrected chi connectivity index (χ4v) is 2.21. The van der Waals surface area contributed by atoms with Crippen LogP contribution in [-0.4, -0.2) is 4.98 Å². The van der Waals surface area contributed by atoms with Crippen LogP contribution in [0.3, 0.4) is 0 Å². The Bertz CT molecular complexity index is 563. The van der Waals surface area contributed by atoms with Crippen LogP contribution in [0.1, 0.15) is 43.9 Å². The van der Waals surface area contributed by atoms with Crippen LogP contribution in [0.2, 0.25) is 0 Å². The predicted octanol–water partition coefficient (Wildman–Crippen LogP) is 4.01. The lowest BCUT2D eigenvalue weighted by molar-refractivity contribution is 0.624. The third-order valence-corrected chi connectivity index (χ3v) is 3.25.